The van der Waals surface area contributed by atoms with E-state index in [1.54, 1.807) is 11.8 Å². The van der Waals surface area contributed by atoms with Crippen LogP contribution >= 0.6 is 0 Å². The predicted octanol–water partition coefficient (Wildman–Crippen LogP) is 2.35. The molecule has 0 bridgehead atoms. The summed E-state index contributed by atoms with van der Waals surface area (Å²) in [7, 11) is 0. The average molecular weight is 440 g/mol. The van der Waals surface area contributed by atoms with Gasteiger partial charge in [-0.1, -0.05) is 6.92 Å². The van der Waals surface area contributed by atoms with E-state index < -0.39 is 17.5 Å². The number of carbonyl (C=O) groups excluding carboxylic acids is 3. The average Bonchev–Trinajstić information content (AvgIpc) is 3.18. The summed E-state index contributed by atoms with van der Waals surface area (Å²) in [5, 5.41) is 2.49. The Labute approximate surface area is 181 Å². The van der Waals surface area contributed by atoms with E-state index in [4.69, 9.17) is 4.74 Å². The second-order valence-corrected chi connectivity index (χ2v) is 7.45. The van der Waals surface area contributed by atoms with Crippen LogP contribution in [0.4, 0.5) is 8.78 Å². The van der Waals surface area contributed by atoms with Gasteiger partial charge in [-0.2, -0.15) is 0 Å². The zero-order valence-corrected chi connectivity index (χ0v) is 18.2. The van der Waals surface area contributed by atoms with E-state index in [9.17, 15) is 23.2 Å². The Kier molecular flexibility index (Phi) is 9.84. The first kappa shape index (κ1) is 24.7. The van der Waals surface area contributed by atoms with E-state index in [-0.39, 0.29) is 56.0 Å². The lowest BCUT2D eigenvalue weighted by molar-refractivity contribution is -0.144. The first-order chi connectivity index (χ1) is 14.8. The summed E-state index contributed by atoms with van der Waals surface area (Å²) in [5.41, 5.74) is -0.280. The zero-order valence-electron chi connectivity index (χ0n) is 18.2. The van der Waals surface area contributed by atoms with Crippen molar-refractivity contribution in [2.24, 2.45) is 0 Å². The third kappa shape index (κ3) is 7.57. The molecule has 1 aliphatic rings. The maximum Gasteiger partial charge on any atom is 0.307 e. The lowest BCUT2D eigenvalue weighted by atomic mass is 10.1. The Morgan fingerprint density at radius 1 is 1.23 bits per heavy atom. The fourth-order valence-corrected chi connectivity index (χ4v) is 3.76. The first-order valence-corrected chi connectivity index (χ1v) is 10.8. The number of benzene rings is 1. The third-order valence-corrected chi connectivity index (χ3v) is 5.38. The van der Waals surface area contributed by atoms with Gasteiger partial charge in [-0.3, -0.25) is 19.3 Å². The second-order valence-electron chi connectivity index (χ2n) is 7.45. The topological polar surface area (TPSA) is 79.0 Å². The lowest BCUT2D eigenvalue weighted by Crippen LogP contribution is -2.44. The minimum Gasteiger partial charge on any atom is -0.466 e. The van der Waals surface area contributed by atoms with E-state index in [0.29, 0.717) is 12.6 Å². The van der Waals surface area contributed by atoms with E-state index in [0.717, 1.165) is 38.1 Å². The molecule has 1 fully saturated rings. The molecule has 1 saturated heterocycles. The van der Waals surface area contributed by atoms with Gasteiger partial charge in [-0.15, -0.1) is 0 Å². The lowest BCUT2D eigenvalue weighted by Gasteiger charge is -2.30. The van der Waals surface area contributed by atoms with Gasteiger partial charge >= 0.3 is 5.97 Å². The van der Waals surface area contributed by atoms with Crippen molar-refractivity contribution in [3.8, 4) is 0 Å². The summed E-state index contributed by atoms with van der Waals surface area (Å²) in [5.74, 6) is -3.00. The molecule has 2 rings (SSSR count). The van der Waals surface area contributed by atoms with Crippen molar-refractivity contribution in [2.45, 2.75) is 45.6 Å². The Morgan fingerprint density at radius 2 is 2.00 bits per heavy atom. The van der Waals surface area contributed by atoms with E-state index in [2.05, 4.69) is 17.1 Å². The minimum absolute atomic E-state index is 0.00650. The SMILES string of the molecule is CCOC(=O)CCN(CC1CCCN1CC)C(=O)CCNC(=O)c1ccc(F)cc1F. The number of nitrogens with one attached hydrogen (secondary N) is 1. The number of nitrogens with zero attached hydrogens (tertiary/aromatic N) is 2. The van der Waals surface area contributed by atoms with Crippen LogP contribution in [-0.4, -0.2) is 73.0 Å². The van der Waals surface area contributed by atoms with Crippen LogP contribution in [0.2, 0.25) is 0 Å². The summed E-state index contributed by atoms with van der Waals surface area (Å²) in [6.45, 7) is 6.72. The standard InChI is InChI=1S/C22H31F2N3O4/c1-3-26-12-5-6-17(26)15-27(13-10-21(29)31-4-2)20(28)9-11-25-22(30)18-8-7-16(23)14-19(18)24/h7-8,14,17H,3-6,9-13,15H2,1-2H3,(H,25,30). The highest BCUT2D eigenvalue weighted by atomic mass is 19.1. The number of likely N-dealkylation sites (N-methyl/N-ethyl adjacent to an activating group) is 1. The van der Waals surface area contributed by atoms with Gasteiger partial charge in [-0.05, 0) is 45.0 Å². The molecule has 31 heavy (non-hydrogen) atoms. The smallest absolute Gasteiger partial charge is 0.307 e. The highest BCUT2D eigenvalue weighted by Gasteiger charge is 2.27. The highest BCUT2D eigenvalue weighted by Crippen LogP contribution is 2.18. The van der Waals surface area contributed by atoms with Crippen molar-refractivity contribution in [3.05, 3.63) is 35.4 Å². The van der Waals surface area contributed by atoms with E-state index in [1.165, 1.54) is 0 Å². The quantitative estimate of drug-likeness (QED) is 0.536. The van der Waals surface area contributed by atoms with Gasteiger partial charge in [0, 0.05) is 38.2 Å². The summed E-state index contributed by atoms with van der Waals surface area (Å²) >= 11 is 0. The molecule has 172 valence electrons. The number of rotatable bonds is 11. The Bertz CT molecular complexity index is 775. The summed E-state index contributed by atoms with van der Waals surface area (Å²) in [6.07, 6.45) is 2.16. The van der Waals surface area contributed by atoms with Gasteiger partial charge in [0.1, 0.15) is 11.6 Å². The molecule has 0 aromatic heterocycles. The second kappa shape index (κ2) is 12.3. The Hall–Kier alpha value is -2.55. The molecule has 7 nitrogen and oxygen atoms in total. The van der Waals surface area contributed by atoms with Crippen LogP contribution in [-0.2, 0) is 14.3 Å². The van der Waals surface area contributed by atoms with Crippen LogP contribution in [0.3, 0.4) is 0 Å². The van der Waals surface area contributed by atoms with E-state index in [1.807, 2.05) is 0 Å². The highest BCUT2D eigenvalue weighted by molar-refractivity contribution is 5.94. The molecule has 0 radical (unpaired) electrons. The van der Waals surface area contributed by atoms with Gasteiger partial charge in [0.2, 0.25) is 5.91 Å². The van der Waals surface area contributed by atoms with Crippen molar-refractivity contribution >= 4 is 17.8 Å². The minimum atomic E-state index is -0.958. The normalized spacial score (nSPS) is 16.2. The molecule has 1 aromatic carbocycles. The monoisotopic (exact) mass is 439 g/mol. The van der Waals surface area contributed by atoms with Gasteiger partial charge in [-0.25, -0.2) is 8.78 Å². The number of carbonyl (C=O) groups is 3. The van der Waals surface area contributed by atoms with Crippen LogP contribution in [0, 0.1) is 11.6 Å². The Morgan fingerprint density at radius 3 is 2.68 bits per heavy atom. The Balaban J connectivity index is 1.92. The number of hydrogen-bond acceptors (Lipinski definition) is 5. The molecule has 1 atom stereocenters. The van der Waals surface area contributed by atoms with Crippen molar-refractivity contribution in [2.75, 3.05) is 39.3 Å². The van der Waals surface area contributed by atoms with Crippen LogP contribution in [0.1, 0.15) is 49.9 Å². The van der Waals surface area contributed by atoms with Crippen molar-refractivity contribution in [3.63, 3.8) is 0 Å². The summed E-state index contributed by atoms with van der Waals surface area (Å²) in [6, 6.07) is 2.94. The van der Waals surface area contributed by atoms with Gasteiger partial charge < -0.3 is 15.0 Å². The van der Waals surface area contributed by atoms with Crippen molar-refractivity contribution in [1.82, 2.24) is 15.1 Å². The number of halogens is 2. The summed E-state index contributed by atoms with van der Waals surface area (Å²) < 4.78 is 31.7. The molecule has 2 amide bonds. The molecule has 1 aliphatic heterocycles. The molecule has 0 saturated carbocycles. The number of ether oxygens (including phenoxy) is 1. The number of likely N-dealkylation sites (tertiary alicyclic amines) is 1. The molecule has 1 heterocycles. The molecule has 0 aliphatic carbocycles. The van der Waals surface area contributed by atoms with Gasteiger partial charge in [0.15, 0.2) is 0 Å². The zero-order chi connectivity index (χ0) is 22.8. The maximum absolute atomic E-state index is 13.7. The van der Waals surface area contributed by atoms with Crippen molar-refractivity contribution < 1.29 is 27.9 Å². The first-order valence-electron chi connectivity index (χ1n) is 10.8. The number of esters is 1. The van der Waals surface area contributed by atoms with Gasteiger partial charge in [0.05, 0.1) is 18.6 Å². The number of amides is 2. The molecule has 1 aromatic rings. The molecule has 1 N–H and O–H groups in total. The maximum atomic E-state index is 13.7. The van der Waals surface area contributed by atoms with E-state index >= 15 is 0 Å². The third-order valence-electron chi connectivity index (χ3n) is 5.38. The molecular formula is C22H31F2N3O4. The number of hydrogen-bond donors (Lipinski definition) is 1. The fraction of sp³-hybridized carbons (Fsp3) is 0.591. The predicted molar refractivity (Wildman–Crippen MR) is 111 cm³/mol. The molecule has 1 unspecified atom stereocenters. The van der Waals surface area contributed by atoms with Gasteiger partial charge in [0.25, 0.3) is 5.91 Å². The fourth-order valence-electron chi connectivity index (χ4n) is 3.76. The van der Waals surface area contributed by atoms with Crippen LogP contribution < -0.4 is 5.32 Å². The molecule has 9 heteroatoms. The molecule has 0 spiro atoms. The molecular weight excluding hydrogens is 408 g/mol. The van der Waals surface area contributed by atoms with Crippen molar-refractivity contribution in [1.29, 1.82) is 0 Å². The van der Waals surface area contributed by atoms with Crippen LogP contribution in [0.5, 0.6) is 0 Å². The van der Waals surface area contributed by atoms with Crippen LogP contribution in [0.25, 0.3) is 0 Å². The largest absolute Gasteiger partial charge is 0.466 e. The van der Waals surface area contributed by atoms with Crippen LogP contribution in [0.15, 0.2) is 18.2 Å². The summed E-state index contributed by atoms with van der Waals surface area (Å²) in [4.78, 5) is 40.6.